The lowest BCUT2D eigenvalue weighted by Crippen LogP contribution is -2.22. The topological polar surface area (TPSA) is 123 Å². The molecule has 0 radical (unpaired) electrons. The van der Waals surface area contributed by atoms with Gasteiger partial charge in [0.1, 0.15) is 17.5 Å². The Morgan fingerprint density at radius 3 is 2.61 bits per heavy atom. The predicted molar refractivity (Wildman–Crippen MR) is 139 cm³/mol. The zero-order valence-corrected chi connectivity index (χ0v) is 21.3. The number of carbonyl (C=O) groups is 1. The fraction of sp³-hybridized carbons (Fsp3) is 0.296. The summed E-state index contributed by atoms with van der Waals surface area (Å²) < 4.78 is 8.07. The van der Waals surface area contributed by atoms with Crippen LogP contribution >= 0.6 is 0 Å². The number of nitrogens with two attached hydrogens (primary N) is 1. The SMILES string of the molecule is CCOc1c(C(C)n2nc(C)c3c(N)cncc32)cc(C)c(C#N)c1-c1ccc(C(=O)N(C)C)nc1. The van der Waals surface area contributed by atoms with Crippen LogP contribution in [0.5, 0.6) is 5.75 Å². The van der Waals surface area contributed by atoms with E-state index in [1.54, 1.807) is 44.8 Å². The van der Waals surface area contributed by atoms with E-state index in [9.17, 15) is 10.1 Å². The van der Waals surface area contributed by atoms with E-state index in [0.717, 1.165) is 27.7 Å². The van der Waals surface area contributed by atoms with Gasteiger partial charge in [0.25, 0.3) is 5.91 Å². The highest BCUT2D eigenvalue weighted by molar-refractivity contribution is 5.93. The monoisotopic (exact) mass is 483 g/mol. The van der Waals surface area contributed by atoms with Gasteiger partial charge < -0.3 is 15.4 Å². The molecule has 4 rings (SSSR count). The van der Waals surface area contributed by atoms with Crippen LogP contribution in [0, 0.1) is 25.2 Å². The number of carbonyl (C=O) groups excluding carboxylic acids is 1. The Kier molecular flexibility index (Phi) is 6.62. The molecule has 0 aliphatic heterocycles. The zero-order chi connectivity index (χ0) is 26.1. The summed E-state index contributed by atoms with van der Waals surface area (Å²) in [5, 5.41) is 15.7. The van der Waals surface area contributed by atoms with Gasteiger partial charge in [-0.25, -0.2) is 0 Å². The maximum Gasteiger partial charge on any atom is 0.271 e. The summed E-state index contributed by atoms with van der Waals surface area (Å²) in [4.78, 5) is 22.4. The van der Waals surface area contributed by atoms with Crippen LogP contribution < -0.4 is 10.5 Å². The van der Waals surface area contributed by atoms with Crippen LogP contribution in [0.4, 0.5) is 5.69 Å². The number of fused-ring (bicyclic) bond motifs is 1. The summed E-state index contributed by atoms with van der Waals surface area (Å²) in [6.45, 7) is 8.15. The average Bonchev–Trinajstić information content (AvgIpc) is 3.21. The molecule has 0 aliphatic carbocycles. The molecule has 3 aromatic heterocycles. The molecular formula is C27H29N7O2. The Hall–Kier alpha value is -4.45. The lowest BCUT2D eigenvalue weighted by atomic mass is 9.91. The van der Waals surface area contributed by atoms with Crippen molar-refractivity contribution in [3.63, 3.8) is 0 Å². The third-order valence-corrected chi connectivity index (χ3v) is 6.22. The standard InChI is InChI=1S/C27H29N7O2/c1-7-36-26-19(17(4)34-23-14-30-13-21(29)24(23)16(3)32-34)10-15(2)20(11-28)25(26)18-8-9-22(31-12-18)27(35)33(5)6/h8-10,12-14,17H,7,29H2,1-6H3. The van der Waals surface area contributed by atoms with Crippen molar-refractivity contribution in [3.05, 3.63) is 64.9 Å². The summed E-state index contributed by atoms with van der Waals surface area (Å²) in [5.74, 6) is 0.387. The van der Waals surface area contributed by atoms with E-state index in [2.05, 4.69) is 16.0 Å². The highest BCUT2D eigenvalue weighted by atomic mass is 16.5. The van der Waals surface area contributed by atoms with Crippen molar-refractivity contribution in [3.8, 4) is 22.9 Å². The summed E-state index contributed by atoms with van der Waals surface area (Å²) in [6, 6.07) is 7.52. The Morgan fingerprint density at radius 1 is 1.25 bits per heavy atom. The third kappa shape index (κ3) is 4.11. The number of aromatic nitrogens is 4. The summed E-state index contributed by atoms with van der Waals surface area (Å²) in [6.07, 6.45) is 4.99. The van der Waals surface area contributed by atoms with Gasteiger partial charge in [-0.05, 0) is 45.4 Å². The van der Waals surface area contributed by atoms with Crippen LogP contribution in [0.1, 0.15) is 52.8 Å². The molecule has 1 atom stereocenters. The molecule has 0 saturated carbocycles. The Morgan fingerprint density at radius 2 is 2.00 bits per heavy atom. The summed E-state index contributed by atoms with van der Waals surface area (Å²) in [7, 11) is 3.36. The number of nitriles is 1. The summed E-state index contributed by atoms with van der Waals surface area (Å²) >= 11 is 0. The van der Waals surface area contributed by atoms with Gasteiger partial charge >= 0.3 is 0 Å². The molecule has 0 aliphatic rings. The number of hydrogen-bond donors (Lipinski definition) is 1. The summed E-state index contributed by atoms with van der Waals surface area (Å²) in [5.41, 5.74) is 12.2. The van der Waals surface area contributed by atoms with Crippen molar-refractivity contribution in [1.29, 1.82) is 5.26 Å². The first-order valence-electron chi connectivity index (χ1n) is 11.7. The van der Waals surface area contributed by atoms with Gasteiger partial charge in [0.2, 0.25) is 0 Å². The third-order valence-electron chi connectivity index (χ3n) is 6.22. The molecular weight excluding hydrogens is 454 g/mol. The highest BCUT2D eigenvalue weighted by Crippen LogP contribution is 2.42. The molecule has 9 nitrogen and oxygen atoms in total. The van der Waals surface area contributed by atoms with Crippen LogP contribution in [-0.4, -0.2) is 51.3 Å². The minimum Gasteiger partial charge on any atom is -0.493 e. The second-order valence-electron chi connectivity index (χ2n) is 8.87. The van der Waals surface area contributed by atoms with Crippen molar-refractivity contribution < 1.29 is 9.53 Å². The molecule has 1 amide bonds. The van der Waals surface area contributed by atoms with E-state index in [4.69, 9.17) is 15.6 Å². The molecule has 4 aromatic rings. The van der Waals surface area contributed by atoms with Crippen molar-refractivity contribution in [2.75, 3.05) is 26.4 Å². The molecule has 2 N–H and O–H groups in total. The van der Waals surface area contributed by atoms with E-state index in [-0.39, 0.29) is 11.9 Å². The molecule has 1 unspecified atom stereocenters. The second kappa shape index (κ2) is 9.66. The molecule has 0 bridgehead atoms. The largest absolute Gasteiger partial charge is 0.493 e. The molecule has 9 heteroatoms. The Labute approximate surface area is 210 Å². The molecule has 36 heavy (non-hydrogen) atoms. The number of nitrogens with zero attached hydrogens (tertiary/aromatic N) is 6. The van der Waals surface area contributed by atoms with Gasteiger partial charge in [0.05, 0.1) is 47.5 Å². The van der Waals surface area contributed by atoms with Crippen molar-refractivity contribution in [2.24, 2.45) is 0 Å². The number of anilines is 1. The van der Waals surface area contributed by atoms with Crippen LogP contribution in [-0.2, 0) is 0 Å². The Bertz CT molecular complexity index is 1500. The molecule has 0 spiro atoms. The number of aryl methyl sites for hydroxylation is 2. The van der Waals surface area contributed by atoms with E-state index in [1.807, 2.05) is 38.4 Å². The highest BCUT2D eigenvalue weighted by Gasteiger charge is 2.26. The van der Waals surface area contributed by atoms with E-state index < -0.39 is 0 Å². The quantitative estimate of drug-likeness (QED) is 0.434. The van der Waals surface area contributed by atoms with E-state index >= 15 is 0 Å². The number of benzene rings is 1. The molecule has 3 heterocycles. The van der Waals surface area contributed by atoms with Gasteiger partial charge in [-0.3, -0.25) is 19.4 Å². The maximum atomic E-state index is 12.3. The van der Waals surface area contributed by atoms with Gasteiger partial charge in [-0.1, -0.05) is 6.07 Å². The van der Waals surface area contributed by atoms with E-state index in [1.165, 1.54) is 4.90 Å². The van der Waals surface area contributed by atoms with Gasteiger partial charge in [-0.2, -0.15) is 10.4 Å². The second-order valence-corrected chi connectivity index (χ2v) is 8.87. The predicted octanol–water partition coefficient (Wildman–Crippen LogP) is 4.27. The fourth-order valence-electron chi connectivity index (χ4n) is 4.48. The fourth-order valence-corrected chi connectivity index (χ4v) is 4.48. The van der Waals surface area contributed by atoms with Crippen LogP contribution in [0.25, 0.3) is 22.0 Å². The molecule has 0 fully saturated rings. The Balaban J connectivity index is 1.94. The molecule has 0 saturated heterocycles. The van der Waals surface area contributed by atoms with Crippen LogP contribution in [0.3, 0.4) is 0 Å². The number of amides is 1. The first kappa shape index (κ1) is 24.7. The van der Waals surface area contributed by atoms with Crippen molar-refractivity contribution in [2.45, 2.75) is 33.7 Å². The van der Waals surface area contributed by atoms with Gasteiger partial charge in [-0.15, -0.1) is 0 Å². The molecule has 1 aromatic carbocycles. The van der Waals surface area contributed by atoms with Gasteiger partial charge in [0.15, 0.2) is 0 Å². The number of nitrogen functional groups attached to an aromatic ring is 1. The lowest BCUT2D eigenvalue weighted by Gasteiger charge is -2.23. The smallest absolute Gasteiger partial charge is 0.271 e. The molecule has 184 valence electrons. The minimum absolute atomic E-state index is 0.195. The number of rotatable bonds is 6. The number of pyridine rings is 2. The van der Waals surface area contributed by atoms with Crippen LogP contribution in [0.15, 0.2) is 36.8 Å². The normalized spacial score (nSPS) is 11.8. The average molecular weight is 484 g/mol. The van der Waals surface area contributed by atoms with E-state index in [0.29, 0.717) is 40.4 Å². The minimum atomic E-state index is -0.251. The lowest BCUT2D eigenvalue weighted by molar-refractivity contribution is 0.0822. The van der Waals surface area contributed by atoms with Crippen LogP contribution in [0.2, 0.25) is 0 Å². The first-order chi connectivity index (χ1) is 17.2. The first-order valence-corrected chi connectivity index (χ1v) is 11.7. The zero-order valence-electron chi connectivity index (χ0n) is 21.3. The maximum absolute atomic E-state index is 12.3. The van der Waals surface area contributed by atoms with Crippen molar-refractivity contribution >= 4 is 22.5 Å². The number of hydrogen-bond acceptors (Lipinski definition) is 7. The van der Waals surface area contributed by atoms with Gasteiger partial charge in [0, 0.05) is 42.4 Å². The van der Waals surface area contributed by atoms with Crippen molar-refractivity contribution in [1.82, 2.24) is 24.6 Å². The number of ether oxygens (including phenoxy) is 1.